The summed E-state index contributed by atoms with van der Waals surface area (Å²) < 4.78 is 0. The molecule has 2 atom stereocenters. The summed E-state index contributed by atoms with van der Waals surface area (Å²) >= 11 is 0. The molecule has 1 aliphatic carbocycles. The molecule has 2 aliphatic rings. The number of piperazine rings is 1. The maximum atomic E-state index is 12.1. The van der Waals surface area contributed by atoms with Crippen molar-refractivity contribution in [1.82, 2.24) is 9.80 Å². The van der Waals surface area contributed by atoms with E-state index in [4.69, 9.17) is 0 Å². The standard InChI is InChI=1S/C17H32N2O2/c1-4-14-5-6-16(20)15(11-14)12-18-7-9-19(10-8-18)13-17(2,3)21/h14-15,21H,4-13H2,1-3H3. The molecule has 2 unspecified atom stereocenters. The molecule has 1 heterocycles. The maximum Gasteiger partial charge on any atom is 0.137 e. The molecule has 0 amide bonds. The molecule has 4 nitrogen and oxygen atoms in total. The van der Waals surface area contributed by atoms with Gasteiger partial charge in [0.15, 0.2) is 0 Å². The highest BCUT2D eigenvalue weighted by Crippen LogP contribution is 2.29. The van der Waals surface area contributed by atoms with Gasteiger partial charge in [-0.05, 0) is 32.6 Å². The summed E-state index contributed by atoms with van der Waals surface area (Å²) in [6.07, 6.45) is 4.20. The summed E-state index contributed by atoms with van der Waals surface area (Å²) in [5.74, 6) is 1.51. The number of hydrogen-bond acceptors (Lipinski definition) is 4. The second kappa shape index (κ2) is 7.21. The van der Waals surface area contributed by atoms with Gasteiger partial charge in [0.1, 0.15) is 5.78 Å². The van der Waals surface area contributed by atoms with Crippen LogP contribution in [0.2, 0.25) is 0 Å². The highest BCUT2D eigenvalue weighted by molar-refractivity contribution is 5.81. The van der Waals surface area contributed by atoms with E-state index in [1.165, 1.54) is 6.42 Å². The van der Waals surface area contributed by atoms with Gasteiger partial charge in [-0.25, -0.2) is 0 Å². The third-order valence-electron chi connectivity index (χ3n) is 5.00. The van der Waals surface area contributed by atoms with E-state index in [0.29, 0.717) is 5.78 Å². The largest absolute Gasteiger partial charge is 0.389 e. The van der Waals surface area contributed by atoms with Gasteiger partial charge < -0.3 is 10.0 Å². The second-order valence-corrected chi connectivity index (χ2v) is 7.60. The molecule has 21 heavy (non-hydrogen) atoms. The van der Waals surface area contributed by atoms with Crippen molar-refractivity contribution in [3.63, 3.8) is 0 Å². The first kappa shape index (κ1) is 16.9. The number of rotatable bonds is 5. The van der Waals surface area contributed by atoms with Crippen molar-refractivity contribution in [1.29, 1.82) is 0 Å². The average molecular weight is 296 g/mol. The van der Waals surface area contributed by atoms with E-state index in [-0.39, 0.29) is 5.92 Å². The van der Waals surface area contributed by atoms with Crippen molar-refractivity contribution >= 4 is 5.78 Å². The number of β-amino-alcohol motifs (C(OH)–C–C–N with tert-alkyl or cyclic N) is 1. The summed E-state index contributed by atoms with van der Waals surface area (Å²) in [5, 5.41) is 9.89. The zero-order chi connectivity index (χ0) is 15.5. The van der Waals surface area contributed by atoms with E-state index in [0.717, 1.165) is 64.4 Å². The van der Waals surface area contributed by atoms with Crippen LogP contribution in [0.15, 0.2) is 0 Å². The van der Waals surface area contributed by atoms with E-state index in [1.807, 2.05) is 13.8 Å². The minimum atomic E-state index is -0.615. The first-order valence-corrected chi connectivity index (χ1v) is 8.57. The van der Waals surface area contributed by atoms with Gasteiger partial charge >= 0.3 is 0 Å². The Balaban J connectivity index is 1.76. The molecule has 0 spiro atoms. The van der Waals surface area contributed by atoms with Crippen LogP contribution in [0.25, 0.3) is 0 Å². The Morgan fingerprint density at radius 2 is 1.81 bits per heavy atom. The maximum absolute atomic E-state index is 12.1. The SMILES string of the molecule is CCC1CCC(=O)C(CN2CCN(CC(C)(C)O)CC2)C1. The molecule has 0 bridgehead atoms. The molecule has 1 saturated heterocycles. The summed E-state index contributed by atoms with van der Waals surface area (Å²) in [6.45, 7) is 11.7. The lowest BCUT2D eigenvalue weighted by Gasteiger charge is -2.39. The Morgan fingerprint density at radius 1 is 1.19 bits per heavy atom. The van der Waals surface area contributed by atoms with Crippen molar-refractivity contribution in [3.8, 4) is 0 Å². The van der Waals surface area contributed by atoms with Crippen LogP contribution in [0.4, 0.5) is 0 Å². The van der Waals surface area contributed by atoms with Crippen molar-refractivity contribution in [2.75, 3.05) is 39.3 Å². The number of ketones is 1. The summed E-state index contributed by atoms with van der Waals surface area (Å²) in [7, 11) is 0. The van der Waals surface area contributed by atoms with Gasteiger partial charge in [-0.3, -0.25) is 9.69 Å². The number of carbonyl (C=O) groups excluding carboxylic acids is 1. The monoisotopic (exact) mass is 296 g/mol. The van der Waals surface area contributed by atoms with Crippen LogP contribution < -0.4 is 0 Å². The number of Topliss-reactive ketones (excluding diaryl/α,β-unsaturated/α-hetero) is 1. The Bertz CT molecular complexity index is 343. The minimum absolute atomic E-state index is 0.268. The topological polar surface area (TPSA) is 43.8 Å². The lowest BCUT2D eigenvalue weighted by molar-refractivity contribution is -0.126. The van der Waals surface area contributed by atoms with E-state index in [2.05, 4.69) is 16.7 Å². The van der Waals surface area contributed by atoms with E-state index < -0.39 is 5.60 Å². The molecule has 1 saturated carbocycles. The number of carbonyl (C=O) groups is 1. The molecule has 1 N–H and O–H groups in total. The van der Waals surface area contributed by atoms with Crippen molar-refractivity contribution in [2.24, 2.45) is 11.8 Å². The fourth-order valence-corrected chi connectivity index (χ4v) is 3.74. The molecular formula is C17H32N2O2. The predicted molar refractivity (Wildman–Crippen MR) is 85.3 cm³/mol. The van der Waals surface area contributed by atoms with Crippen LogP contribution in [0, 0.1) is 11.8 Å². The van der Waals surface area contributed by atoms with Gasteiger partial charge in [0.05, 0.1) is 5.60 Å². The van der Waals surface area contributed by atoms with Crippen LogP contribution in [0.3, 0.4) is 0 Å². The Morgan fingerprint density at radius 3 is 2.38 bits per heavy atom. The molecule has 4 heteroatoms. The molecule has 122 valence electrons. The minimum Gasteiger partial charge on any atom is -0.389 e. The number of hydrogen-bond donors (Lipinski definition) is 1. The molecule has 0 aromatic carbocycles. The predicted octanol–water partition coefficient (Wildman–Crippen LogP) is 1.77. The Labute approximate surface area is 129 Å². The average Bonchev–Trinajstić information content (AvgIpc) is 2.42. The third-order valence-corrected chi connectivity index (χ3v) is 5.00. The molecule has 2 fully saturated rings. The zero-order valence-electron chi connectivity index (χ0n) is 14.0. The van der Waals surface area contributed by atoms with Crippen molar-refractivity contribution < 1.29 is 9.90 Å². The quantitative estimate of drug-likeness (QED) is 0.840. The highest BCUT2D eigenvalue weighted by atomic mass is 16.3. The number of aliphatic hydroxyl groups is 1. The first-order chi connectivity index (χ1) is 9.87. The van der Waals surface area contributed by atoms with Gasteiger partial charge in [0, 0.05) is 51.6 Å². The Hall–Kier alpha value is -0.450. The van der Waals surface area contributed by atoms with Gasteiger partial charge in [-0.2, -0.15) is 0 Å². The summed E-state index contributed by atoms with van der Waals surface area (Å²) in [6, 6.07) is 0. The van der Waals surface area contributed by atoms with Gasteiger partial charge in [-0.1, -0.05) is 13.3 Å². The first-order valence-electron chi connectivity index (χ1n) is 8.57. The molecule has 0 aromatic rings. The van der Waals surface area contributed by atoms with E-state index >= 15 is 0 Å². The van der Waals surface area contributed by atoms with Crippen molar-refractivity contribution in [3.05, 3.63) is 0 Å². The lowest BCUT2D eigenvalue weighted by Crippen LogP contribution is -2.52. The van der Waals surface area contributed by atoms with Crippen LogP contribution in [-0.4, -0.2) is 65.6 Å². The second-order valence-electron chi connectivity index (χ2n) is 7.60. The molecule has 0 radical (unpaired) electrons. The van der Waals surface area contributed by atoms with Crippen LogP contribution in [0.1, 0.15) is 46.5 Å². The molecule has 0 aromatic heterocycles. The van der Waals surface area contributed by atoms with Gasteiger partial charge in [0.25, 0.3) is 0 Å². The van der Waals surface area contributed by atoms with Gasteiger partial charge in [0.2, 0.25) is 0 Å². The summed E-state index contributed by atoms with van der Waals surface area (Å²) in [5.41, 5.74) is -0.615. The third kappa shape index (κ3) is 5.35. The van der Waals surface area contributed by atoms with Gasteiger partial charge in [-0.15, -0.1) is 0 Å². The fraction of sp³-hybridized carbons (Fsp3) is 0.941. The van der Waals surface area contributed by atoms with E-state index in [9.17, 15) is 9.90 Å². The molecule has 2 rings (SSSR count). The zero-order valence-corrected chi connectivity index (χ0v) is 14.0. The fourth-order valence-electron chi connectivity index (χ4n) is 3.74. The summed E-state index contributed by atoms with van der Waals surface area (Å²) in [4.78, 5) is 16.9. The van der Waals surface area contributed by atoms with Crippen LogP contribution in [-0.2, 0) is 4.79 Å². The number of nitrogens with zero attached hydrogens (tertiary/aromatic N) is 2. The van der Waals surface area contributed by atoms with E-state index in [1.54, 1.807) is 0 Å². The molecular weight excluding hydrogens is 264 g/mol. The van der Waals surface area contributed by atoms with Crippen molar-refractivity contribution in [2.45, 2.75) is 52.1 Å². The van der Waals surface area contributed by atoms with Crippen LogP contribution in [0.5, 0.6) is 0 Å². The highest BCUT2D eigenvalue weighted by Gasteiger charge is 2.30. The lowest BCUT2D eigenvalue weighted by atomic mass is 9.79. The Kier molecular flexibility index (Phi) is 5.81. The normalized spacial score (nSPS) is 29.8. The smallest absolute Gasteiger partial charge is 0.137 e. The molecule has 1 aliphatic heterocycles. The van der Waals surface area contributed by atoms with Crippen LogP contribution >= 0.6 is 0 Å².